The van der Waals surface area contributed by atoms with Crippen LogP contribution in [0.15, 0.2) is 42.9 Å². The number of nitrogens with zero attached hydrogens (tertiary/aromatic N) is 4. The van der Waals surface area contributed by atoms with Crippen molar-refractivity contribution in [3.63, 3.8) is 0 Å². The van der Waals surface area contributed by atoms with Gasteiger partial charge in [0.25, 0.3) is 0 Å². The number of aromatic nitrogens is 4. The van der Waals surface area contributed by atoms with Crippen LogP contribution in [0.4, 0.5) is 5.82 Å². The van der Waals surface area contributed by atoms with Gasteiger partial charge in [-0.25, -0.2) is 9.97 Å². The van der Waals surface area contributed by atoms with Gasteiger partial charge in [0.15, 0.2) is 5.65 Å². The van der Waals surface area contributed by atoms with Crippen LogP contribution in [-0.4, -0.2) is 38.7 Å². The molecule has 3 aromatic rings. The molecule has 2 aromatic heterocycles. The maximum absolute atomic E-state index is 12.2. The molecule has 24 heavy (non-hydrogen) atoms. The van der Waals surface area contributed by atoms with Gasteiger partial charge in [0, 0.05) is 20.1 Å². The van der Waals surface area contributed by atoms with Gasteiger partial charge in [-0.3, -0.25) is 9.48 Å². The van der Waals surface area contributed by atoms with Crippen molar-refractivity contribution < 1.29 is 4.79 Å². The van der Waals surface area contributed by atoms with Crippen molar-refractivity contribution in [2.24, 2.45) is 7.05 Å². The molecular formula is C17H20N6O. The second-order valence-electron chi connectivity index (χ2n) is 5.58. The van der Waals surface area contributed by atoms with Crippen molar-refractivity contribution in [2.75, 3.05) is 18.4 Å². The van der Waals surface area contributed by atoms with Crippen molar-refractivity contribution in [2.45, 2.75) is 12.8 Å². The van der Waals surface area contributed by atoms with E-state index in [-0.39, 0.29) is 11.8 Å². The van der Waals surface area contributed by atoms with Crippen molar-refractivity contribution in [1.29, 1.82) is 0 Å². The molecule has 0 aliphatic rings. The topological polar surface area (TPSA) is 84.7 Å². The molecule has 1 aromatic carbocycles. The van der Waals surface area contributed by atoms with E-state index in [4.69, 9.17) is 0 Å². The van der Waals surface area contributed by atoms with Gasteiger partial charge < -0.3 is 10.6 Å². The lowest BCUT2D eigenvalue weighted by atomic mass is 10.0. The molecular weight excluding hydrogens is 304 g/mol. The van der Waals surface area contributed by atoms with Gasteiger partial charge in [0.05, 0.1) is 17.5 Å². The van der Waals surface area contributed by atoms with Crippen molar-refractivity contribution in [3.8, 4) is 0 Å². The number of amides is 1. The van der Waals surface area contributed by atoms with Crippen molar-refractivity contribution >= 4 is 22.8 Å². The molecule has 1 amide bonds. The summed E-state index contributed by atoms with van der Waals surface area (Å²) < 4.78 is 1.70. The molecule has 7 heteroatoms. The first-order valence-electron chi connectivity index (χ1n) is 7.86. The Labute approximate surface area is 140 Å². The van der Waals surface area contributed by atoms with Crippen LogP contribution in [0, 0.1) is 0 Å². The van der Waals surface area contributed by atoms with Gasteiger partial charge in [-0.05, 0) is 12.5 Å². The van der Waals surface area contributed by atoms with E-state index in [9.17, 15) is 4.79 Å². The Morgan fingerprint density at radius 2 is 2.00 bits per heavy atom. The Kier molecular flexibility index (Phi) is 4.69. The normalized spacial score (nSPS) is 12.1. The zero-order valence-corrected chi connectivity index (χ0v) is 13.7. The maximum Gasteiger partial charge on any atom is 0.227 e. The zero-order chi connectivity index (χ0) is 16.9. The first-order valence-corrected chi connectivity index (χ1v) is 7.86. The van der Waals surface area contributed by atoms with E-state index in [0.29, 0.717) is 13.1 Å². The Bertz CT molecular complexity index is 829. The van der Waals surface area contributed by atoms with E-state index < -0.39 is 0 Å². The van der Waals surface area contributed by atoms with Gasteiger partial charge in [-0.15, -0.1) is 0 Å². The van der Waals surface area contributed by atoms with Crippen LogP contribution in [0.2, 0.25) is 0 Å². The molecule has 2 N–H and O–H groups in total. The molecule has 0 saturated carbocycles. The van der Waals surface area contributed by atoms with E-state index in [1.165, 1.54) is 6.33 Å². The molecule has 0 radical (unpaired) electrons. The summed E-state index contributed by atoms with van der Waals surface area (Å²) in [5.41, 5.74) is 1.78. The average Bonchev–Trinajstić information content (AvgIpc) is 3.00. The number of hydrogen-bond donors (Lipinski definition) is 2. The van der Waals surface area contributed by atoms with Crippen LogP contribution in [0.3, 0.4) is 0 Å². The third-order valence-electron chi connectivity index (χ3n) is 3.94. The second kappa shape index (κ2) is 7.08. The Hall–Kier alpha value is -2.96. The third kappa shape index (κ3) is 3.34. The number of anilines is 1. The molecule has 0 fully saturated rings. The minimum Gasteiger partial charge on any atom is -0.368 e. The molecule has 0 aliphatic heterocycles. The van der Waals surface area contributed by atoms with E-state index in [1.54, 1.807) is 10.9 Å². The number of rotatable bonds is 6. The Morgan fingerprint density at radius 3 is 2.79 bits per heavy atom. The summed E-state index contributed by atoms with van der Waals surface area (Å²) in [5, 5.41) is 11.2. The third-order valence-corrected chi connectivity index (χ3v) is 3.94. The Morgan fingerprint density at radius 1 is 1.21 bits per heavy atom. The van der Waals surface area contributed by atoms with E-state index in [2.05, 4.69) is 25.7 Å². The fourth-order valence-corrected chi connectivity index (χ4v) is 2.52. The lowest BCUT2D eigenvalue weighted by molar-refractivity contribution is -0.122. The van der Waals surface area contributed by atoms with E-state index in [1.807, 2.05) is 44.3 Å². The highest BCUT2D eigenvalue weighted by molar-refractivity contribution is 5.86. The SMILES string of the molecule is C[C@@H](C(=O)NCCNc1ncnc2c1cnn2C)c1ccccc1. The first-order chi connectivity index (χ1) is 11.7. The van der Waals surface area contributed by atoms with E-state index >= 15 is 0 Å². The zero-order valence-electron chi connectivity index (χ0n) is 13.7. The Balaban J connectivity index is 1.52. The van der Waals surface area contributed by atoms with E-state index in [0.717, 1.165) is 22.4 Å². The molecule has 7 nitrogen and oxygen atoms in total. The summed E-state index contributed by atoms with van der Waals surface area (Å²) in [7, 11) is 1.84. The van der Waals surface area contributed by atoms with Crippen molar-refractivity contribution in [3.05, 3.63) is 48.4 Å². The van der Waals surface area contributed by atoms with Crippen LogP contribution in [0.5, 0.6) is 0 Å². The van der Waals surface area contributed by atoms with Gasteiger partial charge >= 0.3 is 0 Å². The van der Waals surface area contributed by atoms with Crippen LogP contribution in [0.25, 0.3) is 11.0 Å². The van der Waals surface area contributed by atoms with Gasteiger partial charge in [0.2, 0.25) is 5.91 Å². The smallest absolute Gasteiger partial charge is 0.227 e. The molecule has 0 bridgehead atoms. The van der Waals surface area contributed by atoms with Crippen molar-refractivity contribution in [1.82, 2.24) is 25.1 Å². The van der Waals surface area contributed by atoms with Gasteiger partial charge in [0.1, 0.15) is 12.1 Å². The quantitative estimate of drug-likeness (QED) is 0.674. The average molecular weight is 324 g/mol. The highest BCUT2D eigenvalue weighted by Gasteiger charge is 2.14. The minimum atomic E-state index is -0.171. The number of benzene rings is 1. The molecule has 2 heterocycles. The highest BCUT2D eigenvalue weighted by atomic mass is 16.1. The predicted molar refractivity (Wildman–Crippen MR) is 92.7 cm³/mol. The molecule has 0 saturated heterocycles. The number of carbonyl (C=O) groups excluding carboxylic acids is 1. The second-order valence-corrected chi connectivity index (χ2v) is 5.58. The maximum atomic E-state index is 12.2. The number of carbonyl (C=O) groups is 1. The number of nitrogens with one attached hydrogen (secondary N) is 2. The minimum absolute atomic E-state index is 0.0113. The van der Waals surface area contributed by atoms with Crippen LogP contribution in [-0.2, 0) is 11.8 Å². The fourth-order valence-electron chi connectivity index (χ4n) is 2.52. The first kappa shape index (κ1) is 15.9. The summed E-state index contributed by atoms with van der Waals surface area (Å²) in [6.45, 7) is 3.00. The molecule has 0 unspecified atom stereocenters. The molecule has 0 spiro atoms. The largest absolute Gasteiger partial charge is 0.368 e. The molecule has 124 valence electrons. The summed E-state index contributed by atoms with van der Waals surface area (Å²) in [6.07, 6.45) is 3.23. The molecule has 0 aliphatic carbocycles. The lowest BCUT2D eigenvalue weighted by Crippen LogP contribution is -2.32. The number of fused-ring (bicyclic) bond motifs is 1. The molecule has 1 atom stereocenters. The number of aryl methyl sites for hydroxylation is 1. The van der Waals surface area contributed by atoms with Crippen LogP contribution in [0.1, 0.15) is 18.4 Å². The number of hydrogen-bond acceptors (Lipinski definition) is 5. The summed E-state index contributed by atoms with van der Waals surface area (Å²) in [6, 6.07) is 9.74. The monoisotopic (exact) mass is 324 g/mol. The summed E-state index contributed by atoms with van der Waals surface area (Å²) in [4.78, 5) is 20.6. The summed E-state index contributed by atoms with van der Waals surface area (Å²) >= 11 is 0. The van der Waals surface area contributed by atoms with Crippen LogP contribution >= 0.6 is 0 Å². The fraction of sp³-hybridized carbons (Fsp3) is 0.294. The molecule has 3 rings (SSSR count). The lowest BCUT2D eigenvalue weighted by Gasteiger charge is -2.13. The predicted octanol–water partition coefficient (Wildman–Crippen LogP) is 1.70. The van der Waals surface area contributed by atoms with Crippen LogP contribution < -0.4 is 10.6 Å². The summed E-state index contributed by atoms with van der Waals surface area (Å²) in [5.74, 6) is 0.561. The van der Waals surface area contributed by atoms with Gasteiger partial charge in [-0.2, -0.15) is 5.10 Å². The van der Waals surface area contributed by atoms with Gasteiger partial charge in [-0.1, -0.05) is 30.3 Å². The standard InChI is InChI=1S/C17H20N6O/c1-12(13-6-4-3-5-7-13)17(24)19-9-8-18-15-14-10-22-23(2)16(14)21-11-20-15/h3-7,10-12H,8-9H2,1-2H3,(H,19,24)(H,18,20,21)/t12-/m1/s1. The highest BCUT2D eigenvalue weighted by Crippen LogP contribution is 2.17.